The Hall–Kier alpha value is -16.2. The Balaban J connectivity index is 0.000000140. The molecule has 0 spiro atoms. The van der Waals surface area contributed by atoms with Gasteiger partial charge in [-0.25, -0.2) is 24.9 Å². The zero-order valence-corrected chi connectivity index (χ0v) is 80.4. The summed E-state index contributed by atoms with van der Waals surface area (Å²) >= 11 is 26.9. The zero-order valence-electron chi connectivity index (χ0n) is 77.4. The Morgan fingerprint density at radius 2 is 0.667 bits per heavy atom. The second kappa shape index (κ2) is 43.9. The van der Waals surface area contributed by atoms with E-state index in [0.29, 0.717) is 136 Å². The second-order valence-electron chi connectivity index (χ2n) is 31.0. The molecule has 8 aromatic carbocycles. The van der Waals surface area contributed by atoms with Gasteiger partial charge in [0.15, 0.2) is 0 Å². The van der Waals surface area contributed by atoms with Crippen molar-refractivity contribution >= 4 is 136 Å². The predicted molar refractivity (Wildman–Crippen MR) is 538 cm³/mol. The first-order valence-corrected chi connectivity index (χ1v) is 44.2. The molecule has 0 atom stereocenters. The van der Waals surface area contributed by atoms with Crippen LogP contribution in [0.3, 0.4) is 0 Å². The molecular formula is C102H92Cl4N22O10. The third-order valence-corrected chi connectivity index (χ3v) is 23.5. The Bertz CT molecular complexity index is 7460. The van der Waals surface area contributed by atoms with E-state index in [0.717, 1.165) is 115 Å². The van der Waals surface area contributed by atoms with Crippen LogP contribution in [0, 0.1) is 48.4 Å². The number of halogens is 4. The van der Waals surface area contributed by atoms with E-state index < -0.39 is 5.60 Å². The molecule has 9 aromatic heterocycles. The number of nitrogens with zero attached hydrogens (tertiary/aromatic N) is 22. The highest BCUT2D eigenvalue weighted by Gasteiger charge is 2.30. The average Bonchev–Trinajstić information content (AvgIpc) is 0.965. The zero-order chi connectivity index (χ0) is 97.3. The van der Waals surface area contributed by atoms with Crippen molar-refractivity contribution in [1.29, 1.82) is 0 Å². The van der Waals surface area contributed by atoms with Crippen molar-refractivity contribution in [3.8, 4) is 145 Å². The molecule has 1 aliphatic rings. The number of methoxy groups -OCH3 is 9. The SMILES string of the molecule is C#CCN(c1cc(OC)cc(OC)c1)c1ccc2ncc(-c3cnn(C)c3)nc2c1.C#CCN(c1ccc2ncc(-c3cnn(C)c3)nc2c1)c1c(Cl)c(OC)cc(OC)c1Cl.COc1cc(OC)cc(N(CC#CC2(O)CCCC2)c2ccc3ncc(-c4cnn(C)c4)nc3c2)c1.COc1ccnc(C#CCN(c2ccc3ncc(-c4cnn(C)c4)nc3c2)c2c(Cl)c(OC)cc(OC)c2Cl)n1. The maximum absolute atomic E-state index is 10.7. The van der Waals surface area contributed by atoms with Gasteiger partial charge in [0, 0.05) is 170 Å². The number of fused-ring (bicyclic) bond motifs is 4. The molecule has 0 radical (unpaired) electrons. The van der Waals surface area contributed by atoms with Gasteiger partial charge in [0.25, 0.3) is 0 Å². The summed E-state index contributed by atoms with van der Waals surface area (Å²) in [5.74, 6) is 22.9. The van der Waals surface area contributed by atoms with Gasteiger partial charge in [-0.3, -0.25) is 38.7 Å². The molecule has 1 aliphatic carbocycles. The summed E-state index contributed by atoms with van der Waals surface area (Å²) in [5.41, 5.74) is 17.4. The molecule has 18 rings (SSSR count). The van der Waals surface area contributed by atoms with Crippen LogP contribution in [0.2, 0.25) is 20.1 Å². The van der Waals surface area contributed by atoms with Crippen LogP contribution in [0.1, 0.15) is 31.5 Å². The highest BCUT2D eigenvalue weighted by molar-refractivity contribution is 6.42. The van der Waals surface area contributed by atoms with E-state index in [1.807, 2.05) is 177 Å². The van der Waals surface area contributed by atoms with Crippen molar-refractivity contribution in [1.82, 2.24) is 89.0 Å². The fraction of sp³-hybridized carbons (Fsp3) is 0.216. The number of ether oxygens (including phenoxy) is 9. The fourth-order valence-electron chi connectivity index (χ4n) is 15.1. The van der Waals surface area contributed by atoms with Gasteiger partial charge in [-0.1, -0.05) is 76.0 Å². The van der Waals surface area contributed by atoms with E-state index >= 15 is 0 Å². The number of anilines is 8. The molecule has 17 aromatic rings. The largest absolute Gasteiger partial charge is 0.497 e. The first-order chi connectivity index (χ1) is 66.9. The van der Waals surface area contributed by atoms with Crippen LogP contribution in [0.25, 0.3) is 89.2 Å². The van der Waals surface area contributed by atoms with Gasteiger partial charge in [-0.05, 0) is 104 Å². The van der Waals surface area contributed by atoms with Crippen molar-refractivity contribution < 1.29 is 47.7 Å². The second-order valence-corrected chi connectivity index (χ2v) is 32.5. The molecule has 0 unspecified atom stereocenters. The number of aliphatic hydroxyl groups is 1. The predicted octanol–water partition coefficient (Wildman–Crippen LogP) is 18.8. The molecular weight excluding hydrogens is 1840 g/mol. The molecule has 36 heteroatoms. The summed E-state index contributed by atoms with van der Waals surface area (Å²) in [7, 11) is 21.6. The number of aryl methyl sites for hydroxylation is 4. The maximum Gasteiger partial charge on any atom is 0.217 e. The molecule has 9 heterocycles. The van der Waals surface area contributed by atoms with E-state index in [2.05, 4.69) is 90.7 Å². The van der Waals surface area contributed by atoms with Crippen molar-refractivity contribution in [2.24, 2.45) is 28.2 Å². The first-order valence-electron chi connectivity index (χ1n) is 42.7. The number of hydrogen-bond donors (Lipinski definition) is 1. The van der Waals surface area contributed by atoms with Gasteiger partial charge in [0.1, 0.15) is 71.7 Å². The molecule has 0 aliphatic heterocycles. The number of hydrogen-bond acceptors (Lipinski definition) is 28. The average molecular weight is 1930 g/mol. The lowest BCUT2D eigenvalue weighted by atomic mass is 10.0. The molecule has 1 fully saturated rings. The number of terminal acetylenes is 2. The maximum atomic E-state index is 10.7. The monoisotopic (exact) mass is 1920 g/mol. The Kier molecular flexibility index (Phi) is 30.6. The minimum atomic E-state index is -0.898. The smallest absolute Gasteiger partial charge is 0.217 e. The third-order valence-electron chi connectivity index (χ3n) is 22.1. The quantitative estimate of drug-likeness (QED) is 0.0520. The summed E-state index contributed by atoms with van der Waals surface area (Å²) < 4.78 is 55.7. The fourth-order valence-corrected chi connectivity index (χ4v) is 16.5. The summed E-state index contributed by atoms with van der Waals surface area (Å²) in [4.78, 5) is 53.7. The third kappa shape index (κ3) is 22.2. The molecule has 0 bridgehead atoms. The number of rotatable bonds is 25. The lowest BCUT2D eigenvalue weighted by molar-refractivity contribution is 0.110. The van der Waals surface area contributed by atoms with Crippen molar-refractivity contribution in [3.05, 3.63) is 234 Å². The van der Waals surface area contributed by atoms with Gasteiger partial charge in [-0.2, -0.15) is 25.4 Å². The summed E-state index contributed by atoms with van der Waals surface area (Å²) in [6.45, 7) is 1.12. The topological polar surface area (TPSA) is 316 Å². The van der Waals surface area contributed by atoms with E-state index in [-0.39, 0.29) is 13.1 Å². The van der Waals surface area contributed by atoms with Crippen molar-refractivity contribution in [2.45, 2.75) is 31.3 Å². The molecule has 698 valence electrons. The number of aromatic nitrogens is 18. The normalized spacial score (nSPS) is 11.6. The molecule has 138 heavy (non-hydrogen) atoms. The van der Waals surface area contributed by atoms with Gasteiger partial charge >= 0.3 is 0 Å². The highest BCUT2D eigenvalue weighted by Crippen LogP contribution is 2.51. The lowest BCUT2D eigenvalue weighted by Gasteiger charge is -2.26. The van der Waals surface area contributed by atoms with Crippen LogP contribution >= 0.6 is 46.4 Å². The van der Waals surface area contributed by atoms with E-state index in [1.165, 1.54) is 35.5 Å². The number of benzene rings is 8. The van der Waals surface area contributed by atoms with E-state index in [4.69, 9.17) is 122 Å². The highest BCUT2D eigenvalue weighted by atomic mass is 35.5. The molecule has 0 saturated heterocycles. The minimum absolute atomic E-state index is 0.164. The first kappa shape index (κ1) is 96.4. The van der Waals surface area contributed by atoms with Gasteiger partial charge < -0.3 is 67.3 Å². The van der Waals surface area contributed by atoms with Crippen molar-refractivity contribution in [2.75, 3.05) is 110 Å². The lowest BCUT2D eigenvalue weighted by Crippen LogP contribution is -2.23. The van der Waals surface area contributed by atoms with E-state index in [9.17, 15) is 5.11 Å². The van der Waals surface area contributed by atoms with Crippen LogP contribution in [0.5, 0.6) is 51.9 Å². The molecule has 32 nitrogen and oxygen atoms in total. The molecule has 1 saturated carbocycles. The summed E-state index contributed by atoms with van der Waals surface area (Å²) in [6, 6.07) is 39.4. The van der Waals surface area contributed by atoms with Crippen LogP contribution in [0.4, 0.5) is 45.5 Å². The van der Waals surface area contributed by atoms with Gasteiger partial charge in [0.2, 0.25) is 11.7 Å². The molecule has 0 amide bonds. The summed E-state index contributed by atoms with van der Waals surface area (Å²) in [6.07, 6.45) is 37.9. The summed E-state index contributed by atoms with van der Waals surface area (Å²) in [5, 5.41) is 28.9. The van der Waals surface area contributed by atoms with Gasteiger partial charge in [-0.15, -0.1) is 12.8 Å². The Morgan fingerprint density at radius 3 is 0.978 bits per heavy atom. The minimum Gasteiger partial charge on any atom is -0.497 e. The Morgan fingerprint density at radius 1 is 0.348 bits per heavy atom. The van der Waals surface area contributed by atoms with Crippen molar-refractivity contribution in [3.63, 3.8) is 0 Å². The van der Waals surface area contributed by atoms with E-state index in [1.54, 1.807) is 121 Å². The van der Waals surface area contributed by atoms with Crippen LogP contribution in [-0.4, -0.2) is 190 Å². The van der Waals surface area contributed by atoms with Crippen LogP contribution < -0.4 is 62.2 Å². The molecule has 1 N–H and O–H groups in total. The Labute approximate surface area is 815 Å². The van der Waals surface area contributed by atoms with Gasteiger partial charge in [0.05, 0.1) is 218 Å². The van der Waals surface area contributed by atoms with Crippen LogP contribution in [0.15, 0.2) is 208 Å². The standard InChI is InChI=1S/C28H23Cl2N7O3.C28H29N5O3.C23H19Cl2N5O2.C23H21N5O2/c1-36-16-17(14-33-36)21-15-32-19-8-7-18(12-20(19)34-21)37(11-5-6-24-31-10-9-25(35-24)40-4)28-26(29)22(38-2)13-23(39-3)27(28)30;1-32-19-20(17-30-32)27-18-29-25-8-7-21(15-26(25)31-27)33(12-6-11-28(34)9-4-5-10-28)22-13-23(35-2)16-24(14-22)36-3;1-5-8-30(23-21(24)19(31-3)10-20(32-4)22(23)25)15-6-7-16-17(9-15)28-18(12-26-16)14-11-27-29(2)13-14;1-5-8-28(18-9-19(29-3)12-20(10-18)30-4)17-6-7-21-22(11-17)26-23(14-24-21)16-13-25-27(2)15-16/h7-10,12-16H,11H2,1-4H3;7-8,13-19,34H,4-5,9-10,12H2,1-3H3;1,6-7,9-13H,8H2,2-4H3;1,6-7,9-15H,8H2,2-4H3. The van der Waals surface area contributed by atoms with Crippen LogP contribution in [-0.2, 0) is 28.2 Å².